The summed E-state index contributed by atoms with van der Waals surface area (Å²) in [5.74, 6) is -2.20. The Balaban J connectivity index is 1.56. The second-order valence-corrected chi connectivity index (χ2v) is 14.6. The first kappa shape index (κ1) is 38.3. The lowest BCUT2D eigenvalue weighted by atomic mass is 9.94. The van der Waals surface area contributed by atoms with E-state index < -0.39 is 71.5 Å². The Morgan fingerprint density at radius 1 is 0.942 bits per heavy atom. The standard InChI is InChI=1S/C38H47F2N5O7/c1-19(50-21(3)46)12-25(41)15-30-28-10-8-23(39)13-32(28)43-34(30)35-31(29-11-9-24(40)14-33(29)44-35)17-26-16-27(51-22(4)47)18-45(26)36(48)20(2)42-37(49)52-38(5,6)7/h8-11,13-14,19-20,25-27,43-44H,12,15-18,41H2,1-7H3,(H,42,49)/t19-,20+,25+,26+,27+/m1/s1. The molecule has 1 aliphatic heterocycles. The van der Waals surface area contributed by atoms with Crippen molar-refractivity contribution in [3.63, 3.8) is 0 Å². The van der Waals surface area contributed by atoms with Crippen LogP contribution in [0.4, 0.5) is 13.6 Å². The minimum Gasteiger partial charge on any atom is -0.463 e. The molecule has 5 N–H and O–H groups in total. The highest BCUT2D eigenvalue weighted by Crippen LogP contribution is 2.39. The highest BCUT2D eigenvalue weighted by atomic mass is 19.1. The van der Waals surface area contributed by atoms with E-state index in [9.17, 15) is 28.0 Å². The molecular formula is C38H47F2N5O7. The number of aromatic nitrogens is 2. The quantitative estimate of drug-likeness (QED) is 0.111. The van der Waals surface area contributed by atoms with Crippen LogP contribution in [0, 0.1) is 11.6 Å². The van der Waals surface area contributed by atoms with Crippen LogP contribution in [0.25, 0.3) is 33.2 Å². The number of fused-ring (bicyclic) bond motifs is 2. The number of nitrogens with zero attached hydrogens (tertiary/aromatic N) is 1. The Morgan fingerprint density at radius 3 is 2.08 bits per heavy atom. The van der Waals surface area contributed by atoms with E-state index in [1.54, 1.807) is 51.7 Å². The number of carbonyl (C=O) groups excluding carboxylic acids is 4. The molecule has 3 heterocycles. The SMILES string of the molecule is CC(=O)O[C@H]1C[C@@H](Cc2c(-c3[nH]c4cc(F)ccc4c3C[C@@H](N)C[C@@H](C)OC(C)=O)[nH]c3cc(F)ccc23)N(C(=O)[C@H](C)NC(=O)OC(C)(C)C)C1. The van der Waals surface area contributed by atoms with Crippen molar-refractivity contribution in [1.82, 2.24) is 20.2 Å². The van der Waals surface area contributed by atoms with Crippen LogP contribution in [0.3, 0.4) is 0 Å². The smallest absolute Gasteiger partial charge is 0.408 e. The van der Waals surface area contributed by atoms with Gasteiger partial charge in [-0.3, -0.25) is 14.4 Å². The lowest BCUT2D eigenvalue weighted by Gasteiger charge is -2.28. The highest BCUT2D eigenvalue weighted by Gasteiger charge is 2.40. The molecule has 0 radical (unpaired) electrons. The van der Waals surface area contributed by atoms with Gasteiger partial charge in [0.2, 0.25) is 5.91 Å². The van der Waals surface area contributed by atoms with Gasteiger partial charge in [-0.15, -0.1) is 0 Å². The van der Waals surface area contributed by atoms with Gasteiger partial charge >= 0.3 is 18.0 Å². The van der Waals surface area contributed by atoms with Gasteiger partial charge < -0.3 is 40.1 Å². The molecule has 0 spiro atoms. The molecule has 0 bridgehead atoms. The number of hydrogen-bond acceptors (Lipinski definition) is 8. The Kier molecular flexibility index (Phi) is 11.3. The number of esters is 2. The molecule has 0 aliphatic carbocycles. The number of alkyl carbamates (subject to hydrolysis) is 1. The number of nitrogens with one attached hydrogen (secondary N) is 3. The molecule has 14 heteroatoms. The first-order chi connectivity index (χ1) is 24.4. The number of amides is 2. The molecule has 5 rings (SSSR count). The zero-order valence-corrected chi connectivity index (χ0v) is 30.5. The number of rotatable bonds is 11. The van der Waals surface area contributed by atoms with Crippen LogP contribution < -0.4 is 11.1 Å². The van der Waals surface area contributed by atoms with E-state index in [1.807, 2.05) is 0 Å². The number of H-pyrrole nitrogens is 2. The molecule has 2 aromatic carbocycles. The van der Waals surface area contributed by atoms with Crippen molar-refractivity contribution in [2.45, 2.75) is 110 Å². The summed E-state index contributed by atoms with van der Waals surface area (Å²) in [5.41, 5.74) is 9.58. The second-order valence-electron chi connectivity index (χ2n) is 14.6. The van der Waals surface area contributed by atoms with E-state index in [4.69, 9.17) is 19.9 Å². The molecule has 2 amide bonds. The summed E-state index contributed by atoms with van der Waals surface area (Å²) in [5, 5.41) is 4.04. The van der Waals surface area contributed by atoms with Gasteiger partial charge in [0, 0.05) is 54.2 Å². The third kappa shape index (κ3) is 9.08. The summed E-state index contributed by atoms with van der Waals surface area (Å²) >= 11 is 0. The van der Waals surface area contributed by atoms with E-state index in [2.05, 4.69) is 15.3 Å². The van der Waals surface area contributed by atoms with Gasteiger partial charge in [-0.1, -0.05) is 0 Å². The van der Waals surface area contributed by atoms with Gasteiger partial charge in [-0.25, -0.2) is 13.6 Å². The maximum Gasteiger partial charge on any atom is 0.408 e. The number of ether oxygens (including phenoxy) is 3. The van der Waals surface area contributed by atoms with Gasteiger partial charge in [-0.05, 0) is 101 Å². The Bertz CT molecular complexity index is 1980. The van der Waals surface area contributed by atoms with Crippen molar-refractivity contribution >= 4 is 45.7 Å². The van der Waals surface area contributed by atoms with Crippen LogP contribution >= 0.6 is 0 Å². The highest BCUT2D eigenvalue weighted by molar-refractivity contribution is 5.96. The fourth-order valence-corrected chi connectivity index (χ4v) is 7.10. The van der Waals surface area contributed by atoms with Crippen molar-refractivity contribution in [2.24, 2.45) is 5.73 Å². The van der Waals surface area contributed by atoms with Gasteiger partial charge in [0.15, 0.2) is 0 Å². The zero-order chi connectivity index (χ0) is 38.1. The van der Waals surface area contributed by atoms with E-state index in [1.165, 1.54) is 38.1 Å². The molecular weight excluding hydrogens is 676 g/mol. The molecule has 2 aromatic heterocycles. The third-order valence-corrected chi connectivity index (χ3v) is 8.99. The molecule has 52 heavy (non-hydrogen) atoms. The van der Waals surface area contributed by atoms with E-state index >= 15 is 0 Å². The Morgan fingerprint density at radius 2 is 1.52 bits per heavy atom. The fourth-order valence-electron chi connectivity index (χ4n) is 7.10. The van der Waals surface area contributed by atoms with Crippen molar-refractivity contribution in [1.29, 1.82) is 0 Å². The Labute approximate surface area is 300 Å². The molecule has 12 nitrogen and oxygen atoms in total. The topological polar surface area (TPSA) is 169 Å². The summed E-state index contributed by atoms with van der Waals surface area (Å²) < 4.78 is 45.4. The number of hydrogen-bond donors (Lipinski definition) is 4. The summed E-state index contributed by atoms with van der Waals surface area (Å²) in [6.45, 7) is 11.2. The predicted molar refractivity (Wildman–Crippen MR) is 191 cm³/mol. The van der Waals surface area contributed by atoms with E-state index in [0.717, 1.165) is 16.5 Å². The van der Waals surface area contributed by atoms with Crippen LogP contribution in [-0.4, -0.2) is 81.3 Å². The molecule has 1 aliphatic rings. The maximum absolute atomic E-state index is 14.6. The van der Waals surface area contributed by atoms with Gasteiger partial charge in [0.05, 0.1) is 17.9 Å². The maximum atomic E-state index is 14.6. The molecule has 5 atom stereocenters. The summed E-state index contributed by atoms with van der Waals surface area (Å²) in [4.78, 5) is 58.4. The van der Waals surface area contributed by atoms with Crippen molar-refractivity contribution in [2.75, 3.05) is 6.54 Å². The number of halogens is 2. The first-order valence-corrected chi connectivity index (χ1v) is 17.4. The normalized spacial score (nSPS) is 17.9. The zero-order valence-electron chi connectivity index (χ0n) is 30.5. The molecule has 1 saturated heterocycles. The number of likely N-dealkylation sites (tertiary alicyclic amines) is 1. The lowest BCUT2D eigenvalue weighted by Crippen LogP contribution is -2.50. The number of carbonyl (C=O) groups is 4. The number of benzene rings is 2. The van der Waals surface area contributed by atoms with Gasteiger partial charge in [0.25, 0.3) is 0 Å². The van der Waals surface area contributed by atoms with Crippen molar-refractivity contribution in [3.8, 4) is 11.4 Å². The summed E-state index contributed by atoms with van der Waals surface area (Å²) in [6.07, 6.45) is -0.534. The second kappa shape index (κ2) is 15.3. The lowest BCUT2D eigenvalue weighted by molar-refractivity contribution is -0.147. The molecule has 0 unspecified atom stereocenters. The average molecular weight is 724 g/mol. The number of nitrogens with two attached hydrogens (primary N) is 1. The van der Waals surface area contributed by atoms with Gasteiger partial charge in [0.1, 0.15) is 35.5 Å². The molecule has 4 aromatic rings. The van der Waals surface area contributed by atoms with Crippen molar-refractivity contribution < 1.29 is 42.2 Å². The monoisotopic (exact) mass is 723 g/mol. The number of aromatic amines is 2. The molecule has 1 fully saturated rings. The van der Waals surface area contributed by atoms with Crippen molar-refractivity contribution in [3.05, 3.63) is 59.2 Å². The predicted octanol–water partition coefficient (Wildman–Crippen LogP) is 5.79. The fraction of sp³-hybridized carbons (Fsp3) is 0.474. The first-order valence-electron chi connectivity index (χ1n) is 17.4. The average Bonchev–Trinajstić information content (AvgIpc) is 3.67. The van der Waals surface area contributed by atoms with Crippen LogP contribution in [0.2, 0.25) is 0 Å². The minimum atomic E-state index is -0.962. The Hall–Kier alpha value is -4.98. The minimum absolute atomic E-state index is 0.0992. The van der Waals surface area contributed by atoms with E-state index in [-0.39, 0.29) is 13.0 Å². The van der Waals surface area contributed by atoms with Crippen LogP contribution in [-0.2, 0) is 41.4 Å². The van der Waals surface area contributed by atoms with E-state index in [0.29, 0.717) is 47.1 Å². The largest absolute Gasteiger partial charge is 0.463 e. The van der Waals surface area contributed by atoms with Crippen LogP contribution in [0.1, 0.15) is 72.4 Å². The van der Waals surface area contributed by atoms with Crippen LogP contribution in [0.15, 0.2) is 36.4 Å². The molecule has 280 valence electrons. The third-order valence-electron chi connectivity index (χ3n) is 8.99. The summed E-state index contributed by atoms with van der Waals surface area (Å²) in [6, 6.07) is 6.89. The van der Waals surface area contributed by atoms with Gasteiger partial charge in [-0.2, -0.15) is 0 Å². The summed E-state index contributed by atoms with van der Waals surface area (Å²) in [7, 11) is 0. The molecule has 0 saturated carbocycles. The van der Waals surface area contributed by atoms with Crippen LogP contribution in [0.5, 0.6) is 0 Å².